The number of rotatable bonds is 3. The third-order valence-corrected chi connectivity index (χ3v) is 1.61. The lowest BCUT2D eigenvalue weighted by molar-refractivity contribution is 0.928. The summed E-state index contributed by atoms with van der Waals surface area (Å²) in [5.74, 6) is 0. The minimum absolute atomic E-state index is 0.458. The summed E-state index contributed by atoms with van der Waals surface area (Å²) in [6.07, 6.45) is 0. The van der Waals surface area contributed by atoms with Crippen molar-refractivity contribution in [2.24, 2.45) is 0 Å². The van der Waals surface area contributed by atoms with Crippen LogP contribution in [0.2, 0.25) is 0 Å². The summed E-state index contributed by atoms with van der Waals surface area (Å²) < 4.78 is 0.458. The van der Waals surface area contributed by atoms with E-state index in [1.54, 1.807) is 0 Å². The Hall–Kier alpha value is 0.01000. The van der Waals surface area contributed by atoms with Gasteiger partial charge in [-0.05, 0) is 13.8 Å². The van der Waals surface area contributed by atoms with Gasteiger partial charge >= 0.3 is 0 Å². The smallest absolute Gasteiger partial charge is 0.0476 e. The second-order valence-electron chi connectivity index (χ2n) is 2.05. The Morgan fingerprint density at radius 1 is 1.56 bits per heavy atom. The van der Waals surface area contributed by atoms with Gasteiger partial charge in [-0.2, -0.15) is 0 Å². The molecular weight excluding hydrogens is 225 g/mol. The van der Waals surface area contributed by atoms with Gasteiger partial charge in [0.2, 0.25) is 0 Å². The lowest BCUT2D eigenvalue weighted by atomic mass is 10.3. The second-order valence-corrected chi connectivity index (χ2v) is 3.92. The van der Waals surface area contributed by atoms with Crippen LogP contribution in [-0.4, -0.2) is 3.92 Å². The molecule has 0 aromatic heterocycles. The summed E-state index contributed by atoms with van der Waals surface area (Å²) in [7, 11) is 0. The van der Waals surface area contributed by atoms with Crippen LogP contribution in [-0.2, 0) is 0 Å². The maximum Gasteiger partial charge on any atom is 0.0476 e. The first-order chi connectivity index (χ1) is 4.04. The number of nitrogens with one attached hydrogen (secondary N) is 1. The van der Waals surface area contributed by atoms with Gasteiger partial charge in [-0.25, -0.2) is 0 Å². The van der Waals surface area contributed by atoms with Gasteiger partial charge in [-0.3, -0.25) is 0 Å². The van der Waals surface area contributed by atoms with Crippen molar-refractivity contribution < 1.29 is 0 Å². The summed E-state index contributed by atoms with van der Waals surface area (Å²) in [5, 5.41) is 3.05. The van der Waals surface area contributed by atoms with Crippen LogP contribution in [0.25, 0.3) is 0 Å². The molecular formula is C7H12IN. The van der Waals surface area contributed by atoms with Crippen LogP contribution in [0.4, 0.5) is 0 Å². The maximum atomic E-state index is 3.81. The highest BCUT2D eigenvalue weighted by molar-refractivity contribution is 14.1. The Labute approximate surface area is 70.4 Å². The van der Waals surface area contributed by atoms with E-state index in [1.807, 2.05) is 6.92 Å². The normalized spacial score (nSPS) is 12.3. The molecule has 0 bridgehead atoms. The number of allylic oxidation sites excluding steroid dienone is 2. The van der Waals surface area contributed by atoms with Gasteiger partial charge in [0.25, 0.3) is 0 Å². The van der Waals surface area contributed by atoms with Gasteiger partial charge in [0, 0.05) is 15.3 Å². The number of hydrogen-bond donors (Lipinski definition) is 1. The summed E-state index contributed by atoms with van der Waals surface area (Å²) in [6.45, 7) is 11.5. The third kappa shape index (κ3) is 4.51. The molecule has 0 aliphatic rings. The summed E-state index contributed by atoms with van der Waals surface area (Å²) in [5.41, 5.74) is 1.96. The lowest BCUT2D eigenvalue weighted by Gasteiger charge is -2.09. The highest BCUT2D eigenvalue weighted by Gasteiger charge is 1.98. The maximum absolute atomic E-state index is 3.81. The average molecular weight is 237 g/mol. The van der Waals surface area contributed by atoms with E-state index in [2.05, 4.69) is 48.0 Å². The third-order valence-electron chi connectivity index (χ3n) is 0.854. The van der Waals surface area contributed by atoms with Crippen molar-refractivity contribution in [1.82, 2.24) is 5.32 Å². The molecule has 0 amide bonds. The van der Waals surface area contributed by atoms with E-state index in [1.165, 1.54) is 0 Å². The fourth-order valence-electron chi connectivity index (χ4n) is 0.374. The average Bonchev–Trinajstić information content (AvgIpc) is 1.63. The van der Waals surface area contributed by atoms with Gasteiger partial charge in [0.15, 0.2) is 0 Å². The largest absolute Gasteiger partial charge is 0.363 e. The van der Waals surface area contributed by atoms with Gasteiger partial charge < -0.3 is 5.32 Å². The molecule has 0 aliphatic heterocycles. The Balaban J connectivity index is 3.64. The Bertz CT molecular complexity index is 127. The van der Waals surface area contributed by atoms with Crippen LogP contribution in [0, 0.1) is 0 Å². The molecule has 0 saturated carbocycles. The molecule has 0 spiro atoms. The topological polar surface area (TPSA) is 12.0 Å². The molecule has 1 nitrogen and oxygen atoms in total. The van der Waals surface area contributed by atoms with Crippen molar-refractivity contribution in [3.8, 4) is 0 Å². The van der Waals surface area contributed by atoms with E-state index in [4.69, 9.17) is 0 Å². The minimum atomic E-state index is 0.458. The molecule has 0 aromatic carbocycles. The van der Waals surface area contributed by atoms with E-state index < -0.39 is 0 Å². The zero-order valence-electron chi connectivity index (χ0n) is 5.87. The number of hydrogen-bond acceptors (Lipinski definition) is 1. The van der Waals surface area contributed by atoms with Crippen LogP contribution in [0.3, 0.4) is 0 Å². The Morgan fingerprint density at radius 2 is 2.00 bits per heavy atom. The first-order valence-electron chi connectivity index (χ1n) is 2.79. The zero-order valence-corrected chi connectivity index (χ0v) is 8.03. The van der Waals surface area contributed by atoms with E-state index in [9.17, 15) is 0 Å². The van der Waals surface area contributed by atoms with Crippen LogP contribution in [0.1, 0.15) is 13.8 Å². The molecule has 0 aromatic rings. The van der Waals surface area contributed by atoms with Gasteiger partial charge in [0.05, 0.1) is 0 Å². The van der Waals surface area contributed by atoms with Gasteiger partial charge in [-0.15, -0.1) is 0 Å². The van der Waals surface area contributed by atoms with Crippen LogP contribution in [0.15, 0.2) is 24.6 Å². The predicted octanol–water partition coefficient (Wildman–Crippen LogP) is 2.45. The summed E-state index contributed by atoms with van der Waals surface area (Å²) >= 11 is 2.30. The van der Waals surface area contributed by atoms with Crippen LogP contribution in [0.5, 0.6) is 0 Å². The van der Waals surface area contributed by atoms with Crippen molar-refractivity contribution in [2.75, 3.05) is 0 Å². The minimum Gasteiger partial charge on any atom is -0.363 e. The highest BCUT2D eigenvalue weighted by Crippen LogP contribution is 2.07. The molecule has 0 radical (unpaired) electrons. The Morgan fingerprint density at radius 3 is 2.11 bits per heavy atom. The molecule has 0 rings (SSSR count). The van der Waals surface area contributed by atoms with Crippen molar-refractivity contribution in [3.63, 3.8) is 0 Å². The van der Waals surface area contributed by atoms with Crippen LogP contribution < -0.4 is 5.32 Å². The van der Waals surface area contributed by atoms with Crippen molar-refractivity contribution in [2.45, 2.75) is 17.8 Å². The fourth-order valence-corrected chi connectivity index (χ4v) is 0.529. The van der Waals surface area contributed by atoms with Gasteiger partial charge in [-0.1, -0.05) is 35.7 Å². The van der Waals surface area contributed by atoms with Crippen LogP contribution >= 0.6 is 22.6 Å². The number of halogens is 1. The highest BCUT2D eigenvalue weighted by atomic mass is 127. The lowest BCUT2D eigenvalue weighted by Crippen LogP contribution is -2.14. The van der Waals surface area contributed by atoms with Crippen molar-refractivity contribution in [3.05, 3.63) is 24.6 Å². The molecule has 2 heteroatoms. The van der Waals surface area contributed by atoms with E-state index >= 15 is 0 Å². The van der Waals surface area contributed by atoms with Crippen molar-refractivity contribution >= 4 is 22.6 Å². The zero-order chi connectivity index (χ0) is 7.44. The number of alkyl halides is 1. The molecule has 0 fully saturated rings. The van der Waals surface area contributed by atoms with Gasteiger partial charge in [0.1, 0.15) is 0 Å². The quantitative estimate of drug-likeness (QED) is 0.587. The fraction of sp³-hybridized carbons (Fsp3) is 0.429. The SMILES string of the molecule is C=C(C)NC(=C)C(C)I. The Kier molecular flexibility index (Phi) is 3.93. The standard InChI is InChI=1S/C7H12IN/c1-5(2)9-7(4)6(3)8/h6,9H,1,4H2,2-3H3. The van der Waals surface area contributed by atoms with E-state index in [0.717, 1.165) is 11.4 Å². The van der Waals surface area contributed by atoms with E-state index in [0.29, 0.717) is 3.92 Å². The molecule has 0 heterocycles. The van der Waals surface area contributed by atoms with E-state index in [-0.39, 0.29) is 0 Å². The first kappa shape index (κ1) is 9.01. The molecule has 0 saturated heterocycles. The molecule has 1 N–H and O–H groups in total. The molecule has 52 valence electrons. The monoisotopic (exact) mass is 237 g/mol. The summed E-state index contributed by atoms with van der Waals surface area (Å²) in [4.78, 5) is 0. The summed E-state index contributed by atoms with van der Waals surface area (Å²) in [6, 6.07) is 0. The first-order valence-corrected chi connectivity index (χ1v) is 4.04. The molecule has 1 atom stereocenters. The molecule has 0 aliphatic carbocycles. The van der Waals surface area contributed by atoms with Crippen molar-refractivity contribution in [1.29, 1.82) is 0 Å². The molecule has 1 unspecified atom stereocenters. The second kappa shape index (κ2) is 3.93. The predicted molar refractivity (Wildman–Crippen MR) is 50.6 cm³/mol. The molecule has 9 heavy (non-hydrogen) atoms.